The maximum Gasteiger partial charge on any atom is 0.224 e. The minimum atomic E-state index is 0.102. The van der Waals surface area contributed by atoms with Gasteiger partial charge in [0, 0.05) is 6.54 Å². The molecule has 21 heavy (non-hydrogen) atoms. The third-order valence-electron chi connectivity index (χ3n) is 4.38. The van der Waals surface area contributed by atoms with Crippen molar-refractivity contribution in [3.63, 3.8) is 0 Å². The van der Waals surface area contributed by atoms with Crippen molar-refractivity contribution in [2.24, 2.45) is 11.8 Å². The highest BCUT2D eigenvalue weighted by molar-refractivity contribution is 5.79. The number of aryl methyl sites for hydroxylation is 1. The molecule has 1 amide bonds. The van der Waals surface area contributed by atoms with Crippen molar-refractivity contribution in [1.82, 2.24) is 10.6 Å². The summed E-state index contributed by atoms with van der Waals surface area (Å²) in [5.41, 5.74) is 2.54. The molecule has 3 nitrogen and oxygen atoms in total. The molecule has 1 heterocycles. The standard InChI is InChI=1S/C18H28N2O/c1-4-14-7-9-15(10-8-14)17(13(2)3)20-18(21)16-6-5-11-19-12-16/h7-10,13,16-17,19H,4-6,11-12H2,1-3H3,(H,20,21)/t16-,17?/m0/s1. The van der Waals surface area contributed by atoms with Crippen LogP contribution in [0, 0.1) is 11.8 Å². The van der Waals surface area contributed by atoms with Crippen LogP contribution in [0.1, 0.15) is 50.8 Å². The number of carbonyl (C=O) groups is 1. The molecule has 0 aromatic heterocycles. The number of nitrogens with one attached hydrogen (secondary N) is 2. The summed E-state index contributed by atoms with van der Waals surface area (Å²) in [5, 5.41) is 6.57. The number of benzene rings is 1. The predicted octanol–water partition coefficient (Wildman–Crippen LogP) is 3.06. The molecule has 2 atom stereocenters. The highest BCUT2D eigenvalue weighted by Gasteiger charge is 2.25. The van der Waals surface area contributed by atoms with Gasteiger partial charge < -0.3 is 10.6 Å². The maximum absolute atomic E-state index is 12.5. The van der Waals surface area contributed by atoms with Crippen molar-refractivity contribution in [2.75, 3.05) is 13.1 Å². The lowest BCUT2D eigenvalue weighted by atomic mass is 9.92. The molecule has 116 valence electrons. The Hall–Kier alpha value is -1.35. The second-order valence-corrected chi connectivity index (χ2v) is 6.37. The van der Waals surface area contributed by atoms with Crippen LogP contribution < -0.4 is 10.6 Å². The average Bonchev–Trinajstić information content (AvgIpc) is 2.53. The van der Waals surface area contributed by atoms with Gasteiger partial charge in [-0.1, -0.05) is 45.0 Å². The van der Waals surface area contributed by atoms with Crippen LogP contribution >= 0.6 is 0 Å². The Morgan fingerprint density at radius 2 is 2.05 bits per heavy atom. The van der Waals surface area contributed by atoms with Gasteiger partial charge in [0.15, 0.2) is 0 Å². The van der Waals surface area contributed by atoms with Crippen molar-refractivity contribution >= 4 is 5.91 Å². The molecule has 3 heteroatoms. The molecular weight excluding hydrogens is 260 g/mol. The quantitative estimate of drug-likeness (QED) is 0.874. The summed E-state index contributed by atoms with van der Waals surface area (Å²) in [6.45, 7) is 8.34. The molecule has 0 saturated carbocycles. The fourth-order valence-electron chi connectivity index (χ4n) is 2.94. The molecule has 1 aliphatic rings. The number of hydrogen-bond donors (Lipinski definition) is 2. The Morgan fingerprint density at radius 3 is 2.57 bits per heavy atom. The summed E-state index contributed by atoms with van der Waals surface area (Å²) in [6.07, 6.45) is 3.14. The summed E-state index contributed by atoms with van der Waals surface area (Å²) in [7, 11) is 0. The van der Waals surface area contributed by atoms with Crippen molar-refractivity contribution in [2.45, 2.75) is 46.1 Å². The van der Waals surface area contributed by atoms with E-state index >= 15 is 0 Å². The second-order valence-electron chi connectivity index (χ2n) is 6.37. The minimum absolute atomic E-state index is 0.102. The lowest BCUT2D eigenvalue weighted by molar-refractivity contribution is -0.126. The first kappa shape index (κ1) is 16.0. The van der Waals surface area contributed by atoms with Gasteiger partial charge >= 0.3 is 0 Å². The van der Waals surface area contributed by atoms with Crippen LogP contribution in [0.15, 0.2) is 24.3 Å². The van der Waals surface area contributed by atoms with E-state index in [0.29, 0.717) is 5.92 Å². The third kappa shape index (κ3) is 4.31. The highest BCUT2D eigenvalue weighted by atomic mass is 16.2. The topological polar surface area (TPSA) is 41.1 Å². The second kappa shape index (κ2) is 7.60. The van der Waals surface area contributed by atoms with Crippen molar-refractivity contribution < 1.29 is 4.79 Å². The number of piperidine rings is 1. The zero-order valence-electron chi connectivity index (χ0n) is 13.5. The van der Waals surface area contributed by atoms with Gasteiger partial charge in [-0.05, 0) is 42.9 Å². The highest BCUT2D eigenvalue weighted by Crippen LogP contribution is 2.23. The monoisotopic (exact) mass is 288 g/mol. The number of rotatable bonds is 5. The lowest BCUT2D eigenvalue weighted by Crippen LogP contribution is -2.42. The first-order chi connectivity index (χ1) is 10.1. The molecular formula is C18H28N2O. The summed E-state index contributed by atoms with van der Waals surface area (Å²) in [6, 6.07) is 8.74. The van der Waals surface area contributed by atoms with E-state index in [4.69, 9.17) is 0 Å². The first-order valence-corrected chi connectivity index (χ1v) is 8.21. The molecule has 1 saturated heterocycles. The SMILES string of the molecule is CCc1ccc(C(NC(=O)[C@H]2CCCNC2)C(C)C)cc1. The van der Waals surface area contributed by atoms with Gasteiger partial charge in [0.2, 0.25) is 5.91 Å². The van der Waals surface area contributed by atoms with Crippen LogP contribution in [-0.4, -0.2) is 19.0 Å². The van der Waals surface area contributed by atoms with E-state index in [9.17, 15) is 4.79 Å². The molecule has 1 unspecified atom stereocenters. The van der Waals surface area contributed by atoms with Gasteiger partial charge in [0.1, 0.15) is 0 Å². The van der Waals surface area contributed by atoms with E-state index in [2.05, 4.69) is 55.7 Å². The normalized spacial score (nSPS) is 20.3. The van der Waals surface area contributed by atoms with E-state index < -0.39 is 0 Å². The van der Waals surface area contributed by atoms with E-state index in [0.717, 1.165) is 32.4 Å². The molecule has 1 fully saturated rings. The first-order valence-electron chi connectivity index (χ1n) is 8.21. The smallest absolute Gasteiger partial charge is 0.224 e. The molecule has 1 aromatic rings. The van der Waals surface area contributed by atoms with Crippen molar-refractivity contribution in [3.05, 3.63) is 35.4 Å². The van der Waals surface area contributed by atoms with Crippen LogP contribution in [-0.2, 0) is 11.2 Å². The summed E-state index contributed by atoms with van der Waals surface area (Å²) in [5.74, 6) is 0.702. The molecule has 0 spiro atoms. The Kier molecular flexibility index (Phi) is 5.80. The molecule has 2 rings (SSSR count). The van der Waals surface area contributed by atoms with Gasteiger partial charge in [-0.15, -0.1) is 0 Å². The zero-order chi connectivity index (χ0) is 15.2. The van der Waals surface area contributed by atoms with E-state index in [-0.39, 0.29) is 17.9 Å². The van der Waals surface area contributed by atoms with Crippen LogP contribution in [0.3, 0.4) is 0 Å². The summed E-state index contributed by atoms with van der Waals surface area (Å²) in [4.78, 5) is 12.5. The Labute approximate surface area is 128 Å². The molecule has 0 aliphatic carbocycles. The third-order valence-corrected chi connectivity index (χ3v) is 4.38. The van der Waals surface area contributed by atoms with Gasteiger partial charge in [-0.25, -0.2) is 0 Å². The van der Waals surface area contributed by atoms with E-state index in [1.165, 1.54) is 11.1 Å². The van der Waals surface area contributed by atoms with Crippen LogP contribution in [0.25, 0.3) is 0 Å². The maximum atomic E-state index is 12.5. The van der Waals surface area contributed by atoms with Gasteiger partial charge in [-0.3, -0.25) is 4.79 Å². The van der Waals surface area contributed by atoms with Gasteiger partial charge in [0.25, 0.3) is 0 Å². The molecule has 1 aromatic carbocycles. The Morgan fingerprint density at radius 1 is 1.33 bits per heavy atom. The molecule has 0 bridgehead atoms. The average molecular weight is 288 g/mol. The molecule has 1 aliphatic heterocycles. The Balaban J connectivity index is 2.05. The number of amides is 1. The van der Waals surface area contributed by atoms with E-state index in [1.807, 2.05) is 0 Å². The molecule has 0 radical (unpaired) electrons. The Bertz CT molecular complexity index is 447. The molecule has 2 N–H and O–H groups in total. The van der Waals surface area contributed by atoms with Gasteiger partial charge in [0.05, 0.1) is 12.0 Å². The van der Waals surface area contributed by atoms with Crippen molar-refractivity contribution in [3.8, 4) is 0 Å². The fourth-order valence-corrected chi connectivity index (χ4v) is 2.94. The van der Waals surface area contributed by atoms with Crippen molar-refractivity contribution in [1.29, 1.82) is 0 Å². The predicted molar refractivity (Wildman–Crippen MR) is 87.1 cm³/mol. The zero-order valence-corrected chi connectivity index (χ0v) is 13.5. The fraction of sp³-hybridized carbons (Fsp3) is 0.611. The number of carbonyl (C=O) groups excluding carboxylic acids is 1. The number of hydrogen-bond acceptors (Lipinski definition) is 2. The largest absolute Gasteiger partial charge is 0.349 e. The summed E-state index contributed by atoms with van der Waals surface area (Å²) >= 11 is 0. The van der Waals surface area contributed by atoms with Crippen LogP contribution in [0.4, 0.5) is 0 Å². The van der Waals surface area contributed by atoms with Crippen LogP contribution in [0.5, 0.6) is 0 Å². The summed E-state index contributed by atoms with van der Waals surface area (Å²) < 4.78 is 0. The minimum Gasteiger partial charge on any atom is -0.349 e. The van der Waals surface area contributed by atoms with Crippen LogP contribution in [0.2, 0.25) is 0 Å². The lowest BCUT2D eigenvalue weighted by Gasteiger charge is -2.28. The van der Waals surface area contributed by atoms with Gasteiger partial charge in [-0.2, -0.15) is 0 Å². The van der Waals surface area contributed by atoms with E-state index in [1.54, 1.807) is 0 Å².